The Morgan fingerprint density at radius 1 is 0.643 bits per heavy atom. The predicted octanol–water partition coefficient (Wildman–Crippen LogP) is -0.0458. The first-order valence-electron chi connectivity index (χ1n) is 4.35. The molecular weight excluding hydrogens is 165 g/mol. The van der Waals surface area contributed by atoms with E-state index in [4.69, 9.17) is 0 Å². The Bertz CT molecular complexity index is 518. The van der Waals surface area contributed by atoms with E-state index in [1.54, 1.807) is 0 Å². The van der Waals surface area contributed by atoms with Crippen molar-refractivity contribution in [3.8, 4) is 0 Å². The second kappa shape index (κ2) is 3.53. The number of aromatic nitrogens is 1. The van der Waals surface area contributed by atoms with Gasteiger partial charge in [-0.3, -0.25) is 0 Å². The zero-order valence-electron chi connectivity index (χ0n) is 8.07. The van der Waals surface area contributed by atoms with E-state index in [0.29, 0.717) is 0 Å². The predicted molar refractivity (Wildman–Crippen MR) is 54.8 cm³/mol. The molecule has 0 saturated carbocycles. The Kier molecular flexibility index (Phi) is 2.37. The molecule has 0 N–H and O–H groups in total. The van der Waals surface area contributed by atoms with E-state index in [1.165, 1.54) is 10.8 Å². The molecule has 2 aromatic carbocycles. The molecule has 0 saturated heterocycles. The van der Waals surface area contributed by atoms with E-state index >= 15 is 0 Å². The summed E-state index contributed by atoms with van der Waals surface area (Å²) in [7, 11) is 0. The summed E-state index contributed by atoms with van der Waals surface area (Å²) in [5.41, 5.74) is 2.17. The minimum atomic E-state index is 0. The average molecular weight is 173 g/mol. The van der Waals surface area contributed by atoms with Crippen molar-refractivity contribution in [3.05, 3.63) is 48.5 Å². The second-order valence-electron chi connectivity index (χ2n) is 3.15. The van der Waals surface area contributed by atoms with Gasteiger partial charge in [0.1, 0.15) is 0 Å². The van der Waals surface area contributed by atoms with E-state index in [-0.39, 0.29) is 18.9 Å². The number of nitrogens with zero attached hydrogens (tertiary/aromatic N) is 1. The molecule has 0 spiro atoms. The van der Waals surface area contributed by atoms with Crippen LogP contribution in [0.25, 0.3) is 21.8 Å². The van der Waals surface area contributed by atoms with Crippen molar-refractivity contribution in [1.29, 1.82) is 0 Å². The van der Waals surface area contributed by atoms with E-state index in [1.807, 2.05) is 12.1 Å². The van der Waals surface area contributed by atoms with E-state index in [0.717, 1.165) is 11.0 Å². The normalized spacial score (nSPS) is 10.3. The van der Waals surface area contributed by atoms with Gasteiger partial charge in [0.25, 0.3) is 0 Å². The first-order chi connectivity index (χ1) is 6.45. The van der Waals surface area contributed by atoms with Crippen molar-refractivity contribution >= 4 is 21.8 Å². The molecule has 0 radical (unpaired) electrons. The second-order valence-corrected chi connectivity index (χ2v) is 3.15. The van der Waals surface area contributed by atoms with E-state index in [9.17, 15) is 0 Å². The van der Waals surface area contributed by atoms with Gasteiger partial charge in [-0.1, -0.05) is 48.5 Å². The number of rotatable bonds is 0. The molecule has 0 aliphatic rings. The van der Waals surface area contributed by atoms with E-state index in [2.05, 4.69) is 41.4 Å². The molecule has 14 heavy (non-hydrogen) atoms. The molecule has 0 aliphatic carbocycles. The molecule has 0 fully saturated rings. The first-order valence-corrected chi connectivity index (χ1v) is 4.35. The third-order valence-electron chi connectivity index (χ3n) is 2.34. The molecule has 0 atom stereocenters. The minimum absolute atomic E-state index is 0. The summed E-state index contributed by atoms with van der Waals surface area (Å²) in [5.74, 6) is 0. The van der Waals surface area contributed by atoms with Gasteiger partial charge in [-0.15, -0.1) is 11.0 Å². The topological polar surface area (TPSA) is 14.1 Å². The summed E-state index contributed by atoms with van der Waals surface area (Å²) in [6.45, 7) is 0. The van der Waals surface area contributed by atoms with Crippen molar-refractivity contribution in [2.75, 3.05) is 0 Å². The molecule has 62 valence electrons. The van der Waals surface area contributed by atoms with E-state index < -0.39 is 0 Å². The van der Waals surface area contributed by atoms with Crippen molar-refractivity contribution in [2.24, 2.45) is 0 Å². The van der Waals surface area contributed by atoms with Crippen LogP contribution in [0.5, 0.6) is 0 Å². The number of hydrogen-bond acceptors (Lipinski definition) is 0. The Morgan fingerprint density at radius 2 is 1.07 bits per heavy atom. The molecule has 1 nitrogen and oxygen atoms in total. The molecule has 1 heterocycles. The maximum absolute atomic E-state index is 4.52. The van der Waals surface area contributed by atoms with Crippen LogP contribution in [-0.2, 0) is 0 Å². The fraction of sp³-hybridized carbons (Fsp3) is 0. The van der Waals surface area contributed by atoms with Gasteiger partial charge < -0.3 is 4.98 Å². The quantitative estimate of drug-likeness (QED) is 0.435. The molecule has 3 aromatic rings. The number of benzene rings is 2. The van der Waals surface area contributed by atoms with Gasteiger partial charge in [0, 0.05) is 0 Å². The molecule has 0 unspecified atom stereocenters. The fourth-order valence-corrected chi connectivity index (χ4v) is 1.73. The minimum Gasteiger partial charge on any atom is -0.657 e. The number of fused-ring (bicyclic) bond motifs is 3. The molecule has 0 bridgehead atoms. The summed E-state index contributed by atoms with van der Waals surface area (Å²) >= 11 is 0. The van der Waals surface area contributed by atoms with Crippen molar-refractivity contribution in [1.82, 2.24) is 4.98 Å². The van der Waals surface area contributed by atoms with Gasteiger partial charge in [0.05, 0.1) is 0 Å². The van der Waals surface area contributed by atoms with Crippen LogP contribution in [0.4, 0.5) is 0 Å². The van der Waals surface area contributed by atoms with Crippen LogP contribution < -0.4 is 23.8 Å². The average Bonchev–Trinajstić information content (AvgIpc) is 2.56. The standard InChI is InChI=1S/C12H8N.Li/c1-3-7-11-9(5-1)10-6-2-4-8-12(10)13-11;/h1-8H;/q-1;+1. The summed E-state index contributed by atoms with van der Waals surface area (Å²) in [6, 6.07) is 16.5. The Labute approximate surface area is 94.3 Å². The molecule has 1 aromatic heterocycles. The number of para-hydroxylation sites is 2. The largest absolute Gasteiger partial charge is 1.00 e. The van der Waals surface area contributed by atoms with Crippen LogP contribution in [0.1, 0.15) is 0 Å². The van der Waals surface area contributed by atoms with Crippen molar-refractivity contribution < 1.29 is 18.9 Å². The smallest absolute Gasteiger partial charge is 0.657 e. The summed E-state index contributed by atoms with van der Waals surface area (Å²) in [4.78, 5) is 4.52. The Morgan fingerprint density at radius 3 is 1.57 bits per heavy atom. The molecule has 2 heteroatoms. The van der Waals surface area contributed by atoms with Gasteiger partial charge in [-0.2, -0.15) is 0 Å². The summed E-state index contributed by atoms with van der Waals surface area (Å²) < 4.78 is 0. The van der Waals surface area contributed by atoms with Crippen LogP contribution >= 0.6 is 0 Å². The molecule has 0 amide bonds. The maximum atomic E-state index is 4.52. The monoisotopic (exact) mass is 173 g/mol. The molecule has 0 aliphatic heterocycles. The third kappa shape index (κ3) is 1.26. The van der Waals surface area contributed by atoms with Gasteiger partial charge >= 0.3 is 18.9 Å². The zero-order chi connectivity index (χ0) is 8.67. The Balaban J connectivity index is 0.000000750. The molecule has 3 rings (SSSR count). The fourth-order valence-electron chi connectivity index (χ4n) is 1.73. The van der Waals surface area contributed by atoms with Gasteiger partial charge in [0.15, 0.2) is 0 Å². The van der Waals surface area contributed by atoms with Gasteiger partial charge in [-0.05, 0) is 10.8 Å². The van der Waals surface area contributed by atoms with Gasteiger partial charge in [-0.25, -0.2) is 0 Å². The molecular formula is C12H8LiN. The summed E-state index contributed by atoms with van der Waals surface area (Å²) in [6.07, 6.45) is 0. The Hall–Kier alpha value is -1.16. The first kappa shape index (κ1) is 9.39. The summed E-state index contributed by atoms with van der Waals surface area (Å²) in [5, 5.41) is 2.50. The SMILES string of the molecule is [Li+].c1ccc2c(c1)[n-]c1ccccc12. The van der Waals surface area contributed by atoms with Crippen LogP contribution in [0.15, 0.2) is 48.5 Å². The maximum Gasteiger partial charge on any atom is 1.00 e. The third-order valence-corrected chi connectivity index (χ3v) is 2.34. The van der Waals surface area contributed by atoms with Crippen LogP contribution in [0.3, 0.4) is 0 Å². The zero-order valence-corrected chi connectivity index (χ0v) is 8.07. The van der Waals surface area contributed by atoms with Crippen LogP contribution in [-0.4, -0.2) is 0 Å². The van der Waals surface area contributed by atoms with Crippen molar-refractivity contribution in [3.63, 3.8) is 0 Å². The van der Waals surface area contributed by atoms with Crippen LogP contribution in [0, 0.1) is 0 Å². The number of hydrogen-bond donors (Lipinski definition) is 0. The van der Waals surface area contributed by atoms with Crippen LogP contribution in [0.2, 0.25) is 0 Å². The van der Waals surface area contributed by atoms with Crippen molar-refractivity contribution in [2.45, 2.75) is 0 Å². The van der Waals surface area contributed by atoms with Gasteiger partial charge in [0.2, 0.25) is 0 Å².